The van der Waals surface area contributed by atoms with Crippen LogP contribution in [0, 0.1) is 5.82 Å². The highest BCUT2D eigenvalue weighted by molar-refractivity contribution is 7.21. The molecule has 0 bridgehead atoms. The molecule has 0 unspecified atom stereocenters. The van der Waals surface area contributed by atoms with E-state index in [0.29, 0.717) is 12.2 Å². The number of carbonyl (C=O) groups excluding carboxylic acids is 1. The number of hydrogen-bond acceptors (Lipinski definition) is 5. The lowest BCUT2D eigenvalue weighted by molar-refractivity contribution is -0.116. The smallest absolute Gasteiger partial charge is 0.226 e. The van der Waals surface area contributed by atoms with E-state index in [1.54, 1.807) is 17.7 Å². The Morgan fingerprint density at radius 2 is 1.97 bits per heavy atom. The van der Waals surface area contributed by atoms with Gasteiger partial charge in [0.1, 0.15) is 22.8 Å². The first kappa shape index (κ1) is 20.3. The zero-order valence-corrected chi connectivity index (χ0v) is 17.7. The molecule has 0 saturated carbocycles. The fourth-order valence-corrected chi connectivity index (χ4v) is 4.24. The second kappa shape index (κ2) is 8.77. The van der Waals surface area contributed by atoms with Crippen LogP contribution in [0.25, 0.3) is 20.7 Å². The van der Waals surface area contributed by atoms with Crippen LogP contribution in [-0.2, 0) is 4.79 Å². The number of rotatable bonds is 6. The third kappa shape index (κ3) is 4.42. The first-order valence-electron chi connectivity index (χ1n) is 9.27. The minimum Gasteiger partial charge on any atom is -0.359 e. The number of carbonyl (C=O) groups is 1. The van der Waals surface area contributed by atoms with Crippen LogP contribution < -0.4 is 10.2 Å². The lowest BCUT2D eigenvalue weighted by Gasteiger charge is -2.18. The Balaban J connectivity index is 1.46. The van der Waals surface area contributed by atoms with Crippen molar-refractivity contribution in [3.8, 4) is 10.4 Å². The maximum Gasteiger partial charge on any atom is 0.226 e. The summed E-state index contributed by atoms with van der Waals surface area (Å²) in [4.78, 5) is 25.1. The zero-order valence-electron chi connectivity index (χ0n) is 16.1. The molecule has 2 aromatic heterocycles. The van der Waals surface area contributed by atoms with E-state index in [0.717, 1.165) is 26.5 Å². The minimum atomic E-state index is -0.521. The fourth-order valence-electron chi connectivity index (χ4n) is 3.06. The van der Waals surface area contributed by atoms with Crippen molar-refractivity contribution in [2.45, 2.75) is 6.42 Å². The number of nitrogens with one attached hydrogen (secondary N) is 1. The highest BCUT2D eigenvalue weighted by Gasteiger charge is 2.14. The minimum absolute atomic E-state index is 0.0278. The number of amides is 1. The summed E-state index contributed by atoms with van der Waals surface area (Å²) in [6.07, 6.45) is 1.78. The second-order valence-corrected chi connectivity index (χ2v) is 8.18. The molecule has 0 fully saturated rings. The molecule has 0 aliphatic carbocycles. The Morgan fingerprint density at radius 1 is 1.17 bits per heavy atom. The van der Waals surface area contributed by atoms with Crippen molar-refractivity contribution in [3.63, 3.8) is 0 Å². The average Bonchev–Trinajstić information content (AvgIpc) is 3.20. The number of fused-ring (bicyclic) bond motifs is 1. The summed E-state index contributed by atoms with van der Waals surface area (Å²) >= 11 is 7.37. The lowest BCUT2D eigenvalue weighted by atomic mass is 10.2. The molecule has 5 nitrogen and oxygen atoms in total. The van der Waals surface area contributed by atoms with Crippen LogP contribution in [-0.4, -0.2) is 29.5 Å². The molecule has 0 radical (unpaired) electrons. The Kier molecular flexibility index (Phi) is 5.92. The van der Waals surface area contributed by atoms with Crippen molar-refractivity contribution in [1.29, 1.82) is 0 Å². The van der Waals surface area contributed by atoms with E-state index in [-0.39, 0.29) is 17.4 Å². The third-order valence-electron chi connectivity index (χ3n) is 4.61. The molecule has 1 amide bonds. The quantitative estimate of drug-likeness (QED) is 0.423. The van der Waals surface area contributed by atoms with Gasteiger partial charge in [0, 0.05) is 30.6 Å². The molecule has 152 valence electrons. The van der Waals surface area contributed by atoms with Crippen molar-refractivity contribution >= 4 is 50.6 Å². The first-order chi connectivity index (χ1) is 14.5. The number of hydrogen-bond donors (Lipinski definition) is 1. The van der Waals surface area contributed by atoms with E-state index in [1.165, 1.54) is 18.2 Å². The first-order valence-corrected chi connectivity index (χ1v) is 10.5. The van der Waals surface area contributed by atoms with Crippen molar-refractivity contribution in [1.82, 2.24) is 9.97 Å². The van der Waals surface area contributed by atoms with Gasteiger partial charge in [-0.1, -0.05) is 41.9 Å². The molecule has 2 heterocycles. The molecule has 4 aromatic rings. The second-order valence-electron chi connectivity index (χ2n) is 6.74. The molecule has 8 heteroatoms. The van der Waals surface area contributed by atoms with Gasteiger partial charge in [0.25, 0.3) is 0 Å². The molecule has 0 saturated heterocycles. The maximum absolute atomic E-state index is 13.3. The van der Waals surface area contributed by atoms with Gasteiger partial charge in [0.05, 0.1) is 10.4 Å². The molecule has 0 aliphatic heterocycles. The van der Waals surface area contributed by atoms with Crippen LogP contribution in [0.15, 0.2) is 60.9 Å². The lowest BCUT2D eigenvalue weighted by Crippen LogP contribution is -2.24. The molecule has 1 N–H and O–H groups in total. The van der Waals surface area contributed by atoms with E-state index in [2.05, 4.69) is 33.5 Å². The summed E-state index contributed by atoms with van der Waals surface area (Å²) in [6, 6.07) is 16.3. The fraction of sp³-hybridized carbons (Fsp3) is 0.136. The average molecular weight is 441 g/mol. The van der Waals surface area contributed by atoms with E-state index in [1.807, 2.05) is 30.1 Å². The summed E-state index contributed by atoms with van der Waals surface area (Å²) in [5.74, 6) is 0.0639. The van der Waals surface area contributed by atoms with Crippen LogP contribution in [0.3, 0.4) is 0 Å². The topological polar surface area (TPSA) is 58.1 Å². The van der Waals surface area contributed by atoms with Gasteiger partial charge in [0.15, 0.2) is 0 Å². The van der Waals surface area contributed by atoms with Crippen LogP contribution >= 0.6 is 22.9 Å². The van der Waals surface area contributed by atoms with E-state index >= 15 is 0 Å². The molecule has 0 atom stereocenters. The van der Waals surface area contributed by atoms with Crippen molar-refractivity contribution < 1.29 is 9.18 Å². The predicted octanol–water partition coefficient (Wildman–Crippen LogP) is 5.62. The Labute approximate surface area is 182 Å². The number of nitrogens with zero attached hydrogens (tertiary/aromatic N) is 3. The van der Waals surface area contributed by atoms with Gasteiger partial charge in [-0.25, -0.2) is 14.4 Å². The Hall–Kier alpha value is -3.03. The van der Waals surface area contributed by atoms with Gasteiger partial charge in [-0.3, -0.25) is 4.79 Å². The van der Waals surface area contributed by atoms with E-state index in [4.69, 9.17) is 11.6 Å². The van der Waals surface area contributed by atoms with Crippen LogP contribution in [0.2, 0.25) is 5.02 Å². The zero-order chi connectivity index (χ0) is 21.1. The van der Waals surface area contributed by atoms with Gasteiger partial charge in [0.2, 0.25) is 5.91 Å². The number of halogens is 2. The number of anilines is 2. The maximum atomic E-state index is 13.3. The Bertz CT molecular complexity index is 1200. The van der Waals surface area contributed by atoms with Gasteiger partial charge in [-0.05, 0) is 29.8 Å². The third-order valence-corrected chi connectivity index (χ3v) is 5.99. The van der Waals surface area contributed by atoms with Crippen LogP contribution in [0.1, 0.15) is 6.42 Å². The van der Waals surface area contributed by atoms with Crippen molar-refractivity contribution in [2.24, 2.45) is 0 Å². The highest BCUT2D eigenvalue weighted by Crippen LogP contribution is 2.35. The summed E-state index contributed by atoms with van der Waals surface area (Å²) < 4.78 is 13.3. The normalized spacial score (nSPS) is 10.9. The predicted molar refractivity (Wildman–Crippen MR) is 121 cm³/mol. The van der Waals surface area contributed by atoms with Gasteiger partial charge in [-0.15, -0.1) is 11.3 Å². The van der Waals surface area contributed by atoms with Gasteiger partial charge < -0.3 is 10.2 Å². The monoisotopic (exact) mass is 440 g/mol. The number of benzene rings is 2. The van der Waals surface area contributed by atoms with E-state index < -0.39 is 5.82 Å². The van der Waals surface area contributed by atoms with Crippen LogP contribution in [0.4, 0.5) is 15.9 Å². The molecule has 30 heavy (non-hydrogen) atoms. The summed E-state index contributed by atoms with van der Waals surface area (Å²) in [5, 5.41) is 3.66. The number of aromatic nitrogens is 2. The molecular formula is C22H18ClFN4OS. The van der Waals surface area contributed by atoms with Crippen molar-refractivity contribution in [3.05, 3.63) is 71.8 Å². The van der Waals surface area contributed by atoms with Gasteiger partial charge in [-0.2, -0.15) is 0 Å². The Morgan fingerprint density at radius 3 is 2.73 bits per heavy atom. The molecule has 4 rings (SSSR count). The summed E-state index contributed by atoms with van der Waals surface area (Å²) in [7, 11) is 1.89. The highest BCUT2D eigenvalue weighted by atomic mass is 35.5. The molecular weight excluding hydrogens is 423 g/mol. The summed E-state index contributed by atoms with van der Waals surface area (Å²) in [6.45, 7) is 0.462. The van der Waals surface area contributed by atoms with E-state index in [9.17, 15) is 9.18 Å². The van der Waals surface area contributed by atoms with Crippen molar-refractivity contribution in [2.75, 3.05) is 23.8 Å². The number of thiophene rings is 1. The molecule has 0 aliphatic rings. The summed E-state index contributed by atoms with van der Waals surface area (Å²) in [5.41, 5.74) is 1.59. The largest absolute Gasteiger partial charge is 0.359 e. The van der Waals surface area contributed by atoms with Crippen LogP contribution in [0.5, 0.6) is 0 Å². The molecule has 0 spiro atoms. The van der Waals surface area contributed by atoms with Gasteiger partial charge >= 0.3 is 0 Å². The SMILES string of the molecule is CN(CCC(=O)Nc1ccc(F)c(Cl)c1)c1ncnc2sc(-c3ccccc3)cc12. The standard InChI is InChI=1S/C22H18ClFN4OS/c1-28(10-9-20(29)27-15-7-8-18(24)17(23)11-15)21-16-12-19(14-5-3-2-4-6-14)30-22(16)26-13-25-21/h2-8,11-13H,9-10H2,1H3,(H,27,29). The molecule has 2 aromatic carbocycles.